The summed E-state index contributed by atoms with van der Waals surface area (Å²) in [6.07, 6.45) is 8.67. The molecule has 1 aliphatic rings. The lowest BCUT2D eigenvalue weighted by Gasteiger charge is -2.34. The molecule has 0 nitrogen and oxygen atoms in total. The van der Waals surface area contributed by atoms with E-state index in [0.717, 1.165) is 17.8 Å². The van der Waals surface area contributed by atoms with Gasteiger partial charge in [-0.3, -0.25) is 0 Å². The second-order valence-electron chi connectivity index (χ2n) is 16.4. The van der Waals surface area contributed by atoms with Crippen molar-refractivity contribution < 1.29 is 0 Å². The minimum Gasteiger partial charge on any atom is -0.0651 e. The highest BCUT2D eigenvalue weighted by Crippen LogP contribution is 2.37. The van der Waals surface area contributed by atoms with Gasteiger partial charge in [-0.25, -0.2) is 0 Å². The molecular weight excluding hydrogens is 396 g/mol. The summed E-state index contributed by atoms with van der Waals surface area (Å²) in [6.45, 7) is 43.5. The molecule has 1 saturated carbocycles. The third-order valence-corrected chi connectivity index (χ3v) is 8.90. The van der Waals surface area contributed by atoms with Crippen molar-refractivity contribution in [2.75, 3.05) is 0 Å². The van der Waals surface area contributed by atoms with Crippen LogP contribution in [0, 0.1) is 44.8 Å². The molecule has 204 valence electrons. The van der Waals surface area contributed by atoms with Crippen molar-refractivity contribution in [1.29, 1.82) is 0 Å². The molecule has 0 aromatic heterocycles. The zero-order chi connectivity index (χ0) is 27.5. The first-order chi connectivity index (χ1) is 14.3. The Hall–Kier alpha value is 0. The second-order valence-corrected chi connectivity index (χ2v) is 16.4. The Balaban J connectivity index is -0.000000368. The van der Waals surface area contributed by atoms with Crippen LogP contribution in [0.4, 0.5) is 0 Å². The summed E-state index contributed by atoms with van der Waals surface area (Å²) < 4.78 is 0. The highest BCUT2D eigenvalue weighted by molar-refractivity contribution is 4.77. The second kappa shape index (κ2) is 15.2. The third-order valence-electron chi connectivity index (χ3n) is 8.90. The molecule has 0 N–H and O–H groups in total. The first-order valence-corrected chi connectivity index (χ1v) is 14.3. The molecule has 0 aliphatic heterocycles. The van der Waals surface area contributed by atoms with Crippen LogP contribution in [0.5, 0.6) is 0 Å². The first-order valence-electron chi connectivity index (χ1n) is 14.3. The van der Waals surface area contributed by atoms with Crippen LogP contribution in [0.3, 0.4) is 0 Å². The van der Waals surface area contributed by atoms with Crippen LogP contribution in [-0.2, 0) is 0 Å². The molecule has 0 saturated heterocycles. The van der Waals surface area contributed by atoms with E-state index in [-0.39, 0.29) is 0 Å². The highest BCUT2D eigenvalue weighted by Gasteiger charge is 2.27. The SMILES string of the molecule is CC(C)(C)C(C)(C)C.CC(C)(C)C1CCCCC1.CC(C)C(C)(C)C.CCC(C)C(C)(C)C. The summed E-state index contributed by atoms with van der Waals surface area (Å²) in [6, 6.07) is 0. The maximum absolute atomic E-state index is 2.38. The summed E-state index contributed by atoms with van der Waals surface area (Å²) in [5.41, 5.74) is 2.45. The third kappa shape index (κ3) is 21.0. The quantitative estimate of drug-likeness (QED) is 0.359. The van der Waals surface area contributed by atoms with Crippen molar-refractivity contribution in [3.05, 3.63) is 0 Å². The molecule has 1 aliphatic carbocycles. The molecule has 1 rings (SSSR count). The van der Waals surface area contributed by atoms with E-state index in [9.17, 15) is 0 Å². The van der Waals surface area contributed by atoms with Crippen molar-refractivity contribution in [1.82, 2.24) is 0 Å². The molecule has 1 atom stereocenters. The van der Waals surface area contributed by atoms with Gasteiger partial charge < -0.3 is 0 Å². The van der Waals surface area contributed by atoms with Gasteiger partial charge >= 0.3 is 0 Å². The van der Waals surface area contributed by atoms with Gasteiger partial charge in [0.15, 0.2) is 0 Å². The van der Waals surface area contributed by atoms with E-state index < -0.39 is 0 Å². The van der Waals surface area contributed by atoms with Crippen LogP contribution in [-0.4, -0.2) is 0 Å². The number of hydrogen-bond donors (Lipinski definition) is 0. The van der Waals surface area contributed by atoms with Crippen molar-refractivity contribution in [2.45, 2.75) is 170 Å². The van der Waals surface area contributed by atoms with E-state index in [0.29, 0.717) is 27.1 Å². The van der Waals surface area contributed by atoms with Gasteiger partial charge in [-0.15, -0.1) is 0 Å². The van der Waals surface area contributed by atoms with Crippen molar-refractivity contribution in [3.63, 3.8) is 0 Å². The van der Waals surface area contributed by atoms with Gasteiger partial charge in [-0.1, -0.05) is 157 Å². The van der Waals surface area contributed by atoms with E-state index in [1.54, 1.807) is 0 Å². The summed E-state index contributed by atoms with van der Waals surface area (Å²) in [5.74, 6) is 2.65. The van der Waals surface area contributed by atoms with Crippen molar-refractivity contribution >= 4 is 0 Å². The Bertz CT molecular complexity index is 427. The van der Waals surface area contributed by atoms with Crippen LogP contribution in [0.2, 0.25) is 0 Å². The molecule has 1 fully saturated rings. The summed E-state index contributed by atoms with van der Waals surface area (Å²) in [5, 5.41) is 0. The maximum Gasteiger partial charge on any atom is -0.0334 e. The number of hydrogen-bond acceptors (Lipinski definition) is 0. The van der Waals surface area contributed by atoms with Crippen LogP contribution >= 0.6 is 0 Å². The minimum absolute atomic E-state index is 0.437. The summed E-state index contributed by atoms with van der Waals surface area (Å²) in [4.78, 5) is 0. The molecular formula is C33H72. The fourth-order valence-corrected chi connectivity index (χ4v) is 2.58. The van der Waals surface area contributed by atoms with E-state index in [1.807, 2.05) is 0 Å². The highest BCUT2D eigenvalue weighted by atomic mass is 14.3. The van der Waals surface area contributed by atoms with Crippen LogP contribution in [0.1, 0.15) is 170 Å². The molecule has 1 unspecified atom stereocenters. The molecule has 0 aromatic carbocycles. The molecule has 0 bridgehead atoms. The fraction of sp³-hybridized carbons (Fsp3) is 1.00. The van der Waals surface area contributed by atoms with Gasteiger partial charge in [-0.2, -0.15) is 0 Å². The molecule has 0 heteroatoms. The molecule has 33 heavy (non-hydrogen) atoms. The van der Waals surface area contributed by atoms with Crippen LogP contribution in [0.25, 0.3) is 0 Å². The van der Waals surface area contributed by atoms with E-state index >= 15 is 0 Å². The van der Waals surface area contributed by atoms with Gasteiger partial charge in [0.05, 0.1) is 0 Å². The molecule has 0 amide bonds. The fourth-order valence-electron chi connectivity index (χ4n) is 2.58. The zero-order valence-corrected chi connectivity index (χ0v) is 27.5. The lowest BCUT2D eigenvalue weighted by atomic mass is 9.71. The maximum atomic E-state index is 2.38. The monoisotopic (exact) mass is 469 g/mol. The Morgan fingerprint density at radius 1 is 0.545 bits per heavy atom. The van der Waals surface area contributed by atoms with Crippen LogP contribution < -0.4 is 0 Å². The smallest absolute Gasteiger partial charge is 0.0334 e. The Morgan fingerprint density at radius 2 is 0.848 bits per heavy atom. The lowest BCUT2D eigenvalue weighted by Crippen LogP contribution is -2.25. The van der Waals surface area contributed by atoms with Crippen molar-refractivity contribution in [2.24, 2.45) is 44.8 Å². The predicted molar refractivity (Wildman–Crippen MR) is 158 cm³/mol. The van der Waals surface area contributed by atoms with Gasteiger partial charge in [0.25, 0.3) is 0 Å². The molecule has 0 heterocycles. The van der Waals surface area contributed by atoms with Gasteiger partial charge in [-0.05, 0) is 57.7 Å². The van der Waals surface area contributed by atoms with Crippen molar-refractivity contribution in [3.8, 4) is 0 Å². The van der Waals surface area contributed by atoms with Crippen LogP contribution in [0.15, 0.2) is 0 Å². The average Bonchev–Trinajstić information content (AvgIpc) is 2.59. The topological polar surface area (TPSA) is 0 Å². The molecule has 0 radical (unpaired) electrons. The molecule has 0 spiro atoms. The Labute approximate surface area is 214 Å². The predicted octanol–water partition coefficient (Wildman–Crippen LogP) is 12.5. The zero-order valence-electron chi connectivity index (χ0n) is 27.5. The first kappa shape index (κ1) is 37.5. The van der Waals surface area contributed by atoms with E-state index in [2.05, 4.69) is 132 Å². The minimum atomic E-state index is 0.437. The largest absolute Gasteiger partial charge is 0.0651 e. The summed E-state index contributed by atoms with van der Waals surface area (Å²) in [7, 11) is 0. The van der Waals surface area contributed by atoms with Gasteiger partial charge in [0, 0.05) is 0 Å². The standard InChI is InChI=1S/C10H20.2C8H18.C7H16/c1-10(2,3)9-7-5-4-6-8-9;1-7(2,3)8(4,5)6;1-6-7(2)8(3,4)5;1-6(2)7(3,4)5/h9H,4-8H2,1-3H3;1-6H3;7H,6H2,1-5H3;6H,1-5H3. The normalized spacial score (nSPS) is 17.1. The Morgan fingerprint density at radius 3 is 0.939 bits per heavy atom. The van der Waals surface area contributed by atoms with E-state index in [4.69, 9.17) is 0 Å². The average molecular weight is 469 g/mol. The van der Waals surface area contributed by atoms with Gasteiger partial charge in [0.2, 0.25) is 0 Å². The number of rotatable bonds is 1. The van der Waals surface area contributed by atoms with Gasteiger partial charge in [0.1, 0.15) is 0 Å². The Kier molecular flexibility index (Phi) is 17.3. The van der Waals surface area contributed by atoms with E-state index in [1.165, 1.54) is 38.5 Å². The summed E-state index contributed by atoms with van der Waals surface area (Å²) >= 11 is 0. The molecule has 0 aromatic rings. The lowest BCUT2D eigenvalue weighted by molar-refractivity contribution is 0.157.